The summed E-state index contributed by atoms with van der Waals surface area (Å²) in [5.74, 6) is 1.22. The third-order valence-corrected chi connectivity index (χ3v) is 5.18. The van der Waals surface area contributed by atoms with Crippen LogP contribution in [0.4, 0.5) is 23.1 Å². The van der Waals surface area contributed by atoms with Gasteiger partial charge in [-0.15, -0.1) is 0 Å². The summed E-state index contributed by atoms with van der Waals surface area (Å²) >= 11 is 0. The number of aromatic nitrogens is 2. The Morgan fingerprint density at radius 3 is 2.77 bits per heavy atom. The van der Waals surface area contributed by atoms with Gasteiger partial charge in [0, 0.05) is 56.4 Å². The quantitative estimate of drug-likeness (QED) is 0.879. The fourth-order valence-electron chi connectivity index (χ4n) is 3.59. The van der Waals surface area contributed by atoms with Crippen LogP contribution in [-0.2, 0) is 10.2 Å². The van der Waals surface area contributed by atoms with Crippen LogP contribution in [-0.4, -0.2) is 49.1 Å². The Morgan fingerprint density at radius 1 is 1.23 bits per heavy atom. The zero-order valence-electron chi connectivity index (χ0n) is 15.4. The summed E-state index contributed by atoms with van der Waals surface area (Å²) in [5.41, 5.74) is 2.41. The van der Waals surface area contributed by atoms with Crippen molar-refractivity contribution in [2.75, 3.05) is 48.3 Å². The summed E-state index contributed by atoms with van der Waals surface area (Å²) in [5, 5.41) is 6.64. The summed E-state index contributed by atoms with van der Waals surface area (Å²) in [7, 11) is 1.76. The Bertz CT molecular complexity index is 844. The molecule has 0 atom stereocenters. The molecular weight excluding hydrogens is 328 g/mol. The number of fused-ring (bicyclic) bond motifs is 1. The Labute approximate surface area is 153 Å². The fraction of sp³-hybridized carbons (Fsp3) is 0.421. The SMILES string of the molecule is CN1C(=O)C(C)(C)c2cnc(Nc3cccc(N4CCNCC4)c3)nc21. The van der Waals surface area contributed by atoms with E-state index in [0.29, 0.717) is 11.8 Å². The summed E-state index contributed by atoms with van der Waals surface area (Å²) < 4.78 is 0. The average molecular weight is 352 g/mol. The van der Waals surface area contributed by atoms with Gasteiger partial charge in [-0.3, -0.25) is 9.69 Å². The highest BCUT2D eigenvalue weighted by atomic mass is 16.2. The van der Waals surface area contributed by atoms with Gasteiger partial charge in [0.15, 0.2) is 0 Å². The van der Waals surface area contributed by atoms with E-state index >= 15 is 0 Å². The second kappa shape index (κ2) is 6.25. The predicted octanol–water partition coefficient (Wildman–Crippen LogP) is 1.88. The molecule has 0 spiro atoms. The number of anilines is 4. The first-order valence-electron chi connectivity index (χ1n) is 8.95. The van der Waals surface area contributed by atoms with Gasteiger partial charge in [-0.1, -0.05) is 6.07 Å². The third-order valence-electron chi connectivity index (χ3n) is 5.18. The smallest absolute Gasteiger partial charge is 0.238 e. The number of carbonyl (C=O) groups is 1. The van der Waals surface area contributed by atoms with Crippen LogP contribution in [0.2, 0.25) is 0 Å². The van der Waals surface area contributed by atoms with E-state index in [1.807, 2.05) is 26.0 Å². The minimum atomic E-state index is -0.579. The van der Waals surface area contributed by atoms with Gasteiger partial charge in [-0.2, -0.15) is 4.98 Å². The van der Waals surface area contributed by atoms with Crippen molar-refractivity contribution in [3.8, 4) is 0 Å². The van der Waals surface area contributed by atoms with E-state index < -0.39 is 5.41 Å². The third kappa shape index (κ3) is 2.78. The molecule has 26 heavy (non-hydrogen) atoms. The van der Waals surface area contributed by atoms with E-state index in [4.69, 9.17) is 0 Å². The lowest BCUT2D eigenvalue weighted by Crippen LogP contribution is -2.43. The van der Waals surface area contributed by atoms with Crippen LogP contribution in [0, 0.1) is 0 Å². The number of amides is 1. The summed E-state index contributed by atoms with van der Waals surface area (Å²) in [6.45, 7) is 7.82. The molecule has 1 amide bonds. The van der Waals surface area contributed by atoms with Crippen LogP contribution in [0.25, 0.3) is 0 Å². The molecule has 2 aliphatic rings. The van der Waals surface area contributed by atoms with Crippen LogP contribution < -0.4 is 20.4 Å². The minimum absolute atomic E-state index is 0.0413. The number of nitrogens with one attached hydrogen (secondary N) is 2. The molecule has 3 heterocycles. The highest BCUT2D eigenvalue weighted by Gasteiger charge is 2.43. The molecule has 0 aliphatic carbocycles. The molecule has 1 aromatic carbocycles. The van der Waals surface area contributed by atoms with Crippen molar-refractivity contribution in [2.45, 2.75) is 19.3 Å². The maximum absolute atomic E-state index is 12.4. The number of piperazine rings is 1. The molecule has 1 fully saturated rings. The van der Waals surface area contributed by atoms with Gasteiger partial charge < -0.3 is 15.5 Å². The van der Waals surface area contributed by atoms with E-state index in [1.165, 1.54) is 5.69 Å². The first-order chi connectivity index (χ1) is 12.5. The lowest BCUT2D eigenvalue weighted by atomic mass is 9.88. The lowest BCUT2D eigenvalue weighted by Gasteiger charge is -2.29. The standard InChI is InChI=1S/C19H24N6O/c1-19(2)15-12-21-18(23-16(15)24(3)17(19)26)22-13-5-4-6-14(11-13)25-9-7-20-8-10-25/h4-6,11-12,20H,7-10H2,1-3H3,(H,21,22,23). The van der Waals surface area contributed by atoms with Gasteiger partial charge in [0.05, 0.1) is 5.41 Å². The second-order valence-electron chi connectivity index (χ2n) is 7.33. The molecule has 2 aliphatic heterocycles. The molecule has 0 bridgehead atoms. The zero-order valence-corrected chi connectivity index (χ0v) is 15.4. The van der Waals surface area contributed by atoms with Crippen molar-refractivity contribution in [1.82, 2.24) is 15.3 Å². The fourth-order valence-corrected chi connectivity index (χ4v) is 3.59. The van der Waals surface area contributed by atoms with Crippen molar-refractivity contribution < 1.29 is 4.79 Å². The Hall–Kier alpha value is -2.67. The number of likely N-dealkylation sites (N-methyl/N-ethyl adjacent to an activating group) is 1. The lowest BCUT2D eigenvalue weighted by molar-refractivity contribution is -0.121. The Balaban J connectivity index is 1.58. The topological polar surface area (TPSA) is 73.4 Å². The number of nitrogens with zero attached hydrogens (tertiary/aromatic N) is 4. The Morgan fingerprint density at radius 2 is 2.00 bits per heavy atom. The van der Waals surface area contributed by atoms with Gasteiger partial charge in [0.2, 0.25) is 11.9 Å². The monoisotopic (exact) mass is 352 g/mol. The van der Waals surface area contributed by atoms with Crippen LogP contribution >= 0.6 is 0 Å². The molecule has 1 aromatic heterocycles. The van der Waals surface area contributed by atoms with Crippen molar-refractivity contribution >= 4 is 29.0 Å². The highest BCUT2D eigenvalue weighted by Crippen LogP contribution is 2.39. The first kappa shape index (κ1) is 16.8. The maximum atomic E-state index is 12.4. The first-order valence-corrected chi connectivity index (χ1v) is 8.95. The number of hydrogen-bond donors (Lipinski definition) is 2. The molecule has 0 radical (unpaired) electrons. The normalized spacial score (nSPS) is 18.8. The van der Waals surface area contributed by atoms with Gasteiger partial charge in [-0.05, 0) is 32.0 Å². The predicted molar refractivity (Wildman–Crippen MR) is 103 cm³/mol. The molecule has 2 N–H and O–H groups in total. The second-order valence-corrected chi connectivity index (χ2v) is 7.33. The van der Waals surface area contributed by atoms with E-state index in [2.05, 4.69) is 37.6 Å². The molecule has 7 heteroatoms. The molecule has 7 nitrogen and oxygen atoms in total. The molecule has 0 unspecified atom stereocenters. The number of carbonyl (C=O) groups excluding carboxylic acids is 1. The van der Waals surface area contributed by atoms with Crippen LogP contribution in [0.3, 0.4) is 0 Å². The van der Waals surface area contributed by atoms with Crippen LogP contribution in [0.15, 0.2) is 30.5 Å². The van der Waals surface area contributed by atoms with Crippen LogP contribution in [0.1, 0.15) is 19.4 Å². The van der Waals surface area contributed by atoms with Gasteiger partial charge in [0.1, 0.15) is 5.82 Å². The maximum Gasteiger partial charge on any atom is 0.238 e. The van der Waals surface area contributed by atoms with Crippen molar-refractivity contribution in [3.05, 3.63) is 36.0 Å². The molecular formula is C19H24N6O. The summed E-state index contributed by atoms with van der Waals surface area (Å²) in [6.07, 6.45) is 1.76. The summed E-state index contributed by atoms with van der Waals surface area (Å²) in [4.78, 5) is 25.4. The molecule has 2 aromatic rings. The van der Waals surface area contributed by atoms with E-state index in [9.17, 15) is 4.79 Å². The van der Waals surface area contributed by atoms with Gasteiger partial charge in [-0.25, -0.2) is 4.98 Å². The largest absolute Gasteiger partial charge is 0.369 e. The highest BCUT2D eigenvalue weighted by molar-refractivity contribution is 6.06. The zero-order chi connectivity index (χ0) is 18.3. The minimum Gasteiger partial charge on any atom is -0.369 e. The van der Waals surface area contributed by atoms with E-state index in [1.54, 1.807) is 18.1 Å². The average Bonchev–Trinajstić information content (AvgIpc) is 2.83. The molecule has 136 valence electrons. The van der Waals surface area contributed by atoms with Crippen molar-refractivity contribution in [1.29, 1.82) is 0 Å². The van der Waals surface area contributed by atoms with E-state index in [-0.39, 0.29) is 5.91 Å². The molecule has 4 rings (SSSR count). The number of hydrogen-bond acceptors (Lipinski definition) is 6. The van der Waals surface area contributed by atoms with E-state index in [0.717, 1.165) is 37.4 Å². The van der Waals surface area contributed by atoms with Crippen molar-refractivity contribution in [3.63, 3.8) is 0 Å². The molecule has 0 saturated carbocycles. The number of rotatable bonds is 3. The number of benzene rings is 1. The van der Waals surface area contributed by atoms with Crippen LogP contribution in [0.5, 0.6) is 0 Å². The molecule has 1 saturated heterocycles. The summed E-state index contributed by atoms with van der Waals surface area (Å²) in [6, 6.07) is 8.27. The Kier molecular flexibility index (Phi) is 4.03. The van der Waals surface area contributed by atoms with Crippen molar-refractivity contribution in [2.24, 2.45) is 0 Å². The van der Waals surface area contributed by atoms with Gasteiger partial charge >= 0.3 is 0 Å². The van der Waals surface area contributed by atoms with Gasteiger partial charge in [0.25, 0.3) is 0 Å².